The fourth-order valence-electron chi connectivity index (χ4n) is 3.09. The summed E-state index contributed by atoms with van der Waals surface area (Å²) in [5, 5.41) is 4.89. The zero-order valence-electron chi connectivity index (χ0n) is 14.9. The molecule has 2 aromatic heterocycles. The number of benzene rings is 1. The van der Waals surface area contributed by atoms with Gasteiger partial charge in [0, 0.05) is 43.0 Å². The highest BCUT2D eigenvalue weighted by Crippen LogP contribution is 2.19. The van der Waals surface area contributed by atoms with Gasteiger partial charge in [0.2, 0.25) is 0 Å². The summed E-state index contributed by atoms with van der Waals surface area (Å²) < 4.78 is 7.29. The second kappa shape index (κ2) is 7.40. The van der Waals surface area contributed by atoms with E-state index in [2.05, 4.69) is 20.0 Å². The predicted molar refractivity (Wildman–Crippen MR) is 101 cm³/mol. The third kappa shape index (κ3) is 3.80. The largest absolute Gasteiger partial charge is 0.484 e. The fourth-order valence-corrected chi connectivity index (χ4v) is 3.21. The van der Waals surface area contributed by atoms with Crippen LogP contribution in [-0.2, 0) is 4.79 Å². The highest BCUT2D eigenvalue weighted by molar-refractivity contribution is 6.30. The van der Waals surface area contributed by atoms with Gasteiger partial charge in [-0.2, -0.15) is 14.6 Å². The summed E-state index contributed by atoms with van der Waals surface area (Å²) in [6.07, 6.45) is 1.50. The number of hydrogen-bond donors (Lipinski definition) is 0. The lowest BCUT2D eigenvalue weighted by Crippen LogP contribution is -2.50. The lowest BCUT2D eigenvalue weighted by atomic mass is 10.3. The number of carbonyl (C=O) groups excluding carboxylic acids is 1. The van der Waals surface area contributed by atoms with Crippen LogP contribution in [0.4, 0.5) is 5.82 Å². The lowest BCUT2D eigenvalue weighted by molar-refractivity contribution is -0.133. The van der Waals surface area contributed by atoms with Crippen molar-refractivity contribution in [3.63, 3.8) is 0 Å². The van der Waals surface area contributed by atoms with Crippen LogP contribution < -0.4 is 9.64 Å². The summed E-state index contributed by atoms with van der Waals surface area (Å²) in [5.41, 5.74) is 0.889. The highest BCUT2D eigenvalue weighted by Gasteiger charge is 2.23. The second-order valence-electron chi connectivity index (χ2n) is 6.34. The zero-order chi connectivity index (χ0) is 18.8. The average Bonchev–Trinajstić information content (AvgIpc) is 3.15. The molecule has 1 aliphatic rings. The van der Waals surface area contributed by atoms with E-state index in [0.717, 1.165) is 11.5 Å². The molecule has 140 valence electrons. The van der Waals surface area contributed by atoms with E-state index in [-0.39, 0.29) is 12.5 Å². The Balaban J connectivity index is 1.36. The number of carbonyl (C=O) groups is 1. The van der Waals surface area contributed by atoms with E-state index in [1.54, 1.807) is 28.8 Å². The predicted octanol–water partition coefficient (Wildman–Crippen LogP) is 1.81. The number of halogens is 1. The van der Waals surface area contributed by atoms with Gasteiger partial charge in [-0.1, -0.05) is 11.6 Å². The Morgan fingerprint density at radius 2 is 1.93 bits per heavy atom. The number of rotatable bonds is 4. The number of piperazine rings is 1. The molecule has 1 saturated heterocycles. The Labute approximate surface area is 161 Å². The van der Waals surface area contributed by atoms with Crippen molar-refractivity contribution in [1.82, 2.24) is 24.5 Å². The molecule has 3 heterocycles. The minimum absolute atomic E-state index is 0.0172. The Kier molecular flexibility index (Phi) is 4.81. The van der Waals surface area contributed by atoms with Crippen LogP contribution >= 0.6 is 11.6 Å². The number of hydrogen-bond acceptors (Lipinski definition) is 6. The van der Waals surface area contributed by atoms with Crippen molar-refractivity contribution in [2.45, 2.75) is 6.92 Å². The van der Waals surface area contributed by atoms with E-state index in [4.69, 9.17) is 16.3 Å². The Morgan fingerprint density at radius 3 is 2.67 bits per heavy atom. The minimum atomic E-state index is -0.0265. The summed E-state index contributed by atoms with van der Waals surface area (Å²) >= 11 is 5.85. The third-order valence-electron chi connectivity index (χ3n) is 4.49. The van der Waals surface area contributed by atoms with Crippen LogP contribution in [0.2, 0.25) is 5.02 Å². The first-order chi connectivity index (χ1) is 13.1. The van der Waals surface area contributed by atoms with Crippen molar-refractivity contribution in [3.8, 4) is 5.75 Å². The molecule has 27 heavy (non-hydrogen) atoms. The van der Waals surface area contributed by atoms with E-state index in [9.17, 15) is 4.79 Å². The van der Waals surface area contributed by atoms with E-state index >= 15 is 0 Å². The van der Waals surface area contributed by atoms with Crippen LogP contribution in [0.15, 0.2) is 36.7 Å². The number of ether oxygens (including phenoxy) is 1. The molecule has 8 nitrogen and oxygen atoms in total. The molecule has 1 fully saturated rings. The van der Waals surface area contributed by atoms with E-state index in [0.29, 0.717) is 42.7 Å². The molecular weight excluding hydrogens is 368 g/mol. The highest BCUT2D eigenvalue weighted by atomic mass is 35.5. The van der Waals surface area contributed by atoms with Crippen LogP contribution in [0.1, 0.15) is 5.69 Å². The van der Waals surface area contributed by atoms with Gasteiger partial charge in [0.25, 0.3) is 11.7 Å². The number of aromatic nitrogens is 4. The maximum atomic E-state index is 12.4. The van der Waals surface area contributed by atoms with Crippen LogP contribution in [0.5, 0.6) is 5.75 Å². The first kappa shape index (κ1) is 17.5. The van der Waals surface area contributed by atoms with Crippen LogP contribution in [0.3, 0.4) is 0 Å². The topological polar surface area (TPSA) is 75.9 Å². The molecule has 0 N–H and O–H groups in total. The monoisotopic (exact) mass is 386 g/mol. The van der Waals surface area contributed by atoms with E-state index < -0.39 is 0 Å². The van der Waals surface area contributed by atoms with Gasteiger partial charge in [-0.25, -0.2) is 4.98 Å². The maximum absolute atomic E-state index is 12.4. The summed E-state index contributed by atoms with van der Waals surface area (Å²) in [7, 11) is 0. The first-order valence-electron chi connectivity index (χ1n) is 8.68. The number of aryl methyl sites for hydroxylation is 1. The molecule has 0 aliphatic carbocycles. The van der Waals surface area contributed by atoms with Crippen molar-refractivity contribution in [2.24, 2.45) is 0 Å². The number of fused-ring (bicyclic) bond motifs is 1. The third-order valence-corrected chi connectivity index (χ3v) is 4.75. The van der Waals surface area contributed by atoms with Gasteiger partial charge in [-0.05, 0) is 31.2 Å². The van der Waals surface area contributed by atoms with Gasteiger partial charge >= 0.3 is 0 Å². The van der Waals surface area contributed by atoms with Gasteiger partial charge in [-0.3, -0.25) is 4.79 Å². The maximum Gasteiger partial charge on any atom is 0.260 e. The average molecular weight is 387 g/mol. The van der Waals surface area contributed by atoms with Gasteiger partial charge in [-0.15, -0.1) is 0 Å². The fraction of sp³-hybridized carbons (Fsp3) is 0.333. The standard InChI is InChI=1S/C18H19ClN6O2/c1-13-10-16(25-18(22-13)20-12-21-25)23-6-8-24(9-7-23)17(26)11-27-15-4-2-14(19)3-5-15/h2-5,10,12H,6-9,11H2,1H3. The molecule has 1 amide bonds. The molecule has 3 aromatic rings. The lowest BCUT2D eigenvalue weighted by Gasteiger charge is -2.35. The van der Waals surface area contributed by atoms with Crippen LogP contribution in [0, 0.1) is 6.92 Å². The summed E-state index contributed by atoms with van der Waals surface area (Å²) in [6.45, 7) is 4.63. The summed E-state index contributed by atoms with van der Waals surface area (Å²) in [5.74, 6) is 2.13. The van der Waals surface area contributed by atoms with Crippen molar-refractivity contribution < 1.29 is 9.53 Å². The van der Waals surface area contributed by atoms with Crippen molar-refractivity contribution >= 4 is 29.1 Å². The van der Waals surface area contributed by atoms with Crippen LogP contribution in [-0.4, -0.2) is 63.2 Å². The SMILES string of the molecule is Cc1cc(N2CCN(C(=O)COc3ccc(Cl)cc3)CC2)n2ncnc2n1. The molecule has 1 aliphatic heterocycles. The Morgan fingerprint density at radius 1 is 1.19 bits per heavy atom. The van der Waals surface area contributed by atoms with E-state index in [1.165, 1.54) is 6.33 Å². The molecule has 0 saturated carbocycles. The van der Waals surface area contributed by atoms with Gasteiger partial charge in [0.05, 0.1) is 0 Å². The van der Waals surface area contributed by atoms with Crippen LogP contribution in [0.25, 0.3) is 5.78 Å². The Hall–Kier alpha value is -2.87. The minimum Gasteiger partial charge on any atom is -0.484 e. The van der Waals surface area contributed by atoms with Gasteiger partial charge < -0.3 is 14.5 Å². The van der Waals surface area contributed by atoms with Crippen molar-refractivity contribution in [1.29, 1.82) is 0 Å². The molecule has 0 unspecified atom stereocenters. The van der Waals surface area contributed by atoms with Crippen molar-refractivity contribution in [3.05, 3.63) is 47.4 Å². The van der Waals surface area contributed by atoms with E-state index in [1.807, 2.05) is 17.9 Å². The molecule has 0 atom stereocenters. The molecule has 0 spiro atoms. The molecular formula is C18H19ClN6O2. The van der Waals surface area contributed by atoms with Crippen molar-refractivity contribution in [2.75, 3.05) is 37.7 Å². The summed E-state index contributed by atoms with van der Waals surface area (Å²) in [6, 6.07) is 8.97. The molecule has 0 radical (unpaired) electrons. The van der Waals surface area contributed by atoms with Gasteiger partial charge in [0.15, 0.2) is 6.61 Å². The zero-order valence-corrected chi connectivity index (χ0v) is 15.6. The van der Waals surface area contributed by atoms with Gasteiger partial charge in [0.1, 0.15) is 17.9 Å². The molecule has 9 heteroatoms. The second-order valence-corrected chi connectivity index (χ2v) is 6.77. The Bertz CT molecular complexity index is 950. The number of nitrogens with zero attached hydrogens (tertiary/aromatic N) is 6. The molecule has 0 bridgehead atoms. The normalized spacial score (nSPS) is 14.6. The molecule has 4 rings (SSSR count). The quantitative estimate of drug-likeness (QED) is 0.680. The smallest absolute Gasteiger partial charge is 0.260 e. The molecule has 1 aromatic carbocycles. The summed E-state index contributed by atoms with van der Waals surface area (Å²) in [4.78, 5) is 25.0. The number of anilines is 1. The number of amides is 1. The first-order valence-corrected chi connectivity index (χ1v) is 9.06.